The number of likely N-dealkylation sites (N-methyl/N-ethyl adjacent to an activating group) is 1. The zero-order chi connectivity index (χ0) is 18.2. The Bertz CT molecular complexity index is 689. The second-order valence-electron chi connectivity index (χ2n) is 6.06. The highest BCUT2D eigenvalue weighted by Gasteiger charge is 2.25. The molecule has 0 aromatic heterocycles. The van der Waals surface area contributed by atoms with Crippen LogP contribution in [0.4, 0.5) is 0 Å². The van der Waals surface area contributed by atoms with Crippen LogP contribution in [-0.2, 0) is 16.1 Å². The van der Waals surface area contributed by atoms with Crippen LogP contribution in [0.25, 0.3) is 0 Å². The number of aliphatic hydroxyl groups excluding tert-OH is 1. The number of nitrogens with zero attached hydrogens (tertiary/aromatic N) is 1. The normalized spacial score (nSPS) is 12.9. The van der Waals surface area contributed by atoms with Gasteiger partial charge in [0.1, 0.15) is 6.04 Å². The van der Waals surface area contributed by atoms with E-state index in [4.69, 9.17) is 0 Å². The molecule has 0 radical (unpaired) electrons. The predicted molar refractivity (Wildman–Crippen MR) is 96.8 cm³/mol. The minimum Gasteiger partial charge on any atom is -0.394 e. The molecule has 0 aliphatic heterocycles. The quantitative estimate of drug-likeness (QED) is 0.809. The second-order valence-corrected chi connectivity index (χ2v) is 6.06. The fraction of sp³-hybridized carbons (Fsp3) is 0.300. The molecule has 2 amide bonds. The van der Waals surface area contributed by atoms with Gasteiger partial charge in [-0.3, -0.25) is 9.59 Å². The van der Waals surface area contributed by atoms with Crippen molar-refractivity contribution in [2.45, 2.75) is 25.4 Å². The molecule has 2 N–H and O–H groups in total. The number of hydrogen-bond donors (Lipinski definition) is 2. The molecule has 25 heavy (non-hydrogen) atoms. The van der Waals surface area contributed by atoms with E-state index >= 15 is 0 Å². The SMILES string of the molecule is CC(C(=O)N[C@@H](CO)C(=O)N(C)Cc1ccccc1)c1ccccc1. The Labute approximate surface area is 148 Å². The summed E-state index contributed by atoms with van der Waals surface area (Å²) in [7, 11) is 1.66. The van der Waals surface area contributed by atoms with Gasteiger partial charge in [0.15, 0.2) is 0 Å². The summed E-state index contributed by atoms with van der Waals surface area (Å²) in [6.07, 6.45) is 0. The Morgan fingerprint density at radius 1 is 1.04 bits per heavy atom. The average Bonchev–Trinajstić information content (AvgIpc) is 2.66. The molecule has 0 heterocycles. The van der Waals surface area contributed by atoms with Crippen LogP contribution in [0.1, 0.15) is 24.0 Å². The Hall–Kier alpha value is -2.66. The number of benzene rings is 2. The summed E-state index contributed by atoms with van der Waals surface area (Å²) in [4.78, 5) is 26.4. The van der Waals surface area contributed by atoms with Crippen molar-refractivity contribution in [3.05, 3.63) is 71.8 Å². The molecule has 5 heteroatoms. The maximum atomic E-state index is 12.5. The number of rotatable bonds is 7. The van der Waals surface area contributed by atoms with Crippen LogP contribution in [-0.4, -0.2) is 41.5 Å². The molecule has 0 bridgehead atoms. The monoisotopic (exact) mass is 340 g/mol. The van der Waals surface area contributed by atoms with Gasteiger partial charge in [-0.25, -0.2) is 0 Å². The summed E-state index contributed by atoms with van der Waals surface area (Å²) >= 11 is 0. The van der Waals surface area contributed by atoms with Crippen LogP contribution < -0.4 is 5.32 Å². The molecule has 0 aliphatic rings. The number of carbonyl (C=O) groups is 2. The molecule has 2 aromatic rings. The minimum atomic E-state index is -0.952. The van der Waals surface area contributed by atoms with Gasteiger partial charge in [-0.1, -0.05) is 60.7 Å². The number of carbonyl (C=O) groups excluding carboxylic acids is 2. The second kappa shape index (κ2) is 8.99. The molecule has 5 nitrogen and oxygen atoms in total. The molecule has 2 rings (SSSR count). The molecule has 1 unspecified atom stereocenters. The standard InChI is InChI=1S/C20H24N2O3/c1-15(17-11-7-4-8-12-17)19(24)21-18(14-23)20(25)22(2)13-16-9-5-3-6-10-16/h3-12,15,18,23H,13-14H2,1-2H3,(H,21,24)/t15?,18-/m0/s1. The van der Waals surface area contributed by atoms with E-state index in [2.05, 4.69) is 5.32 Å². The van der Waals surface area contributed by atoms with E-state index in [1.807, 2.05) is 60.7 Å². The zero-order valence-electron chi connectivity index (χ0n) is 14.6. The van der Waals surface area contributed by atoms with Gasteiger partial charge < -0.3 is 15.3 Å². The first-order chi connectivity index (χ1) is 12.0. The van der Waals surface area contributed by atoms with Crippen molar-refractivity contribution in [3.63, 3.8) is 0 Å². The molecule has 2 atom stereocenters. The van der Waals surface area contributed by atoms with Gasteiger partial charge in [0.05, 0.1) is 12.5 Å². The summed E-state index contributed by atoms with van der Waals surface area (Å²) in [5.74, 6) is -1.01. The molecule has 0 fully saturated rings. The first-order valence-corrected chi connectivity index (χ1v) is 8.28. The van der Waals surface area contributed by atoms with E-state index in [9.17, 15) is 14.7 Å². The lowest BCUT2D eigenvalue weighted by Crippen LogP contribution is -2.50. The van der Waals surface area contributed by atoms with Crippen LogP contribution in [0.3, 0.4) is 0 Å². The fourth-order valence-corrected chi connectivity index (χ4v) is 2.58. The molecule has 0 spiro atoms. The van der Waals surface area contributed by atoms with Crippen molar-refractivity contribution < 1.29 is 14.7 Å². The lowest BCUT2D eigenvalue weighted by atomic mass is 10.00. The number of aliphatic hydroxyl groups is 1. The lowest BCUT2D eigenvalue weighted by Gasteiger charge is -2.24. The van der Waals surface area contributed by atoms with Gasteiger partial charge in [0, 0.05) is 13.6 Å². The summed E-state index contributed by atoms with van der Waals surface area (Å²) < 4.78 is 0. The van der Waals surface area contributed by atoms with Gasteiger partial charge >= 0.3 is 0 Å². The first-order valence-electron chi connectivity index (χ1n) is 8.28. The molecular formula is C20H24N2O3. The summed E-state index contributed by atoms with van der Waals surface area (Å²) in [5, 5.41) is 12.2. The number of nitrogens with one attached hydrogen (secondary N) is 1. The van der Waals surface area contributed by atoms with Crippen LogP contribution in [0.5, 0.6) is 0 Å². The van der Waals surface area contributed by atoms with E-state index in [1.165, 1.54) is 4.90 Å². The highest BCUT2D eigenvalue weighted by Crippen LogP contribution is 2.15. The molecule has 0 saturated heterocycles. The van der Waals surface area contributed by atoms with E-state index in [-0.39, 0.29) is 11.8 Å². The zero-order valence-corrected chi connectivity index (χ0v) is 14.6. The molecule has 2 aromatic carbocycles. The van der Waals surface area contributed by atoms with Crippen molar-refractivity contribution >= 4 is 11.8 Å². The lowest BCUT2D eigenvalue weighted by molar-refractivity contribution is -0.137. The van der Waals surface area contributed by atoms with Gasteiger partial charge in [-0.15, -0.1) is 0 Å². The van der Waals surface area contributed by atoms with Crippen molar-refractivity contribution in [3.8, 4) is 0 Å². The van der Waals surface area contributed by atoms with Crippen molar-refractivity contribution in [1.29, 1.82) is 0 Å². The maximum absolute atomic E-state index is 12.5. The summed E-state index contributed by atoms with van der Waals surface area (Å²) in [5.41, 5.74) is 1.85. The van der Waals surface area contributed by atoms with Gasteiger partial charge in [-0.05, 0) is 18.1 Å². The van der Waals surface area contributed by atoms with Crippen LogP contribution in [0.15, 0.2) is 60.7 Å². The van der Waals surface area contributed by atoms with Crippen LogP contribution >= 0.6 is 0 Å². The first kappa shape index (κ1) is 18.7. The summed E-state index contributed by atoms with van der Waals surface area (Å²) in [6, 6.07) is 17.9. The van der Waals surface area contributed by atoms with E-state index in [1.54, 1.807) is 14.0 Å². The van der Waals surface area contributed by atoms with Crippen LogP contribution in [0.2, 0.25) is 0 Å². The van der Waals surface area contributed by atoms with Gasteiger partial charge in [0.2, 0.25) is 11.8 Å². The van der Waals surface area contributed by atoms with Crippen molar-refractivity contribution in [2.24, 2.45) is 0 Å². The molecule has 0 aliphatic carbocycles. The Kier molecular flexibility index (Phi) is 6.71. The fourth-order valence-electron chi connectivity index (χ4n) is 2.58. The smallest absolute Gasteiger partial charge is 0.247 e. The Morgan fingerprint density at radius 3 is 2.16 bits per heavy atom. The van der Waals surface area contributed by atoms with Crippen molar-refractivity contribution in [1.82, 2.24) is 10.2 Å². The highest BCUT2D eigenvalue weighted by molar-refractivity contribution is 5.90. The third-order valence-electron chi connectivity index (χ3n) is 4.13. The molecule has 0 saturated carbocycles. The highest BCUT2D eigenvalue weighted by atomic mass is 16.3. The average molecular weight is 340 g/mol. The Morgan fingerprint density at radius 2 is 1.60 bits per heavy atom. The number of amides is 2. The molecular weight excluding hydrogens is 316 g/mol. The topological polar surface area (TPSA) is 69.6 Å². The predicted octanol–water partition coefficient (Wildman–Crippen LogP) is 1.93. The Balaban J connectivity index is 1.98. The largest absolute Gasteiger partial charge is 0.394 e. The maximum Gasteiger partial charge on any atom is 0.247 e. The third-order valence-corrected chi connectivity index (χ3v) is 4.13. The van der Waals surface area contributed by atoms with Gasteiger partial charge in [-0.2, -0.15) is 0 Å². The third kappa shape index (κ3) is 5.16. The van der Waals surface area contributed by atoms with Gasteiger partial charge in [0.25, 0.3) is 0 Å². The van der Waals surface area contributed by atoms with E-state index < -0.39 is 18.6 Å². The van der Waals surface area contributed by atoms with E-state index in [0.29, 0.717) is 6.54 Å². The van der Waals surface area contributed by atoms with Crippen molar-refractivity contribution in [2.75, 3.05) is 13.7 Å². The number of hydrogen-bond acceptors (Lipinski definition) is 3. The summed E-state index contributed by atoms with van der Waals surface area (Å²) in [6.45, 7) is 1.75. The van der Waals surface area contributed by atoms with E-state index in [0.717, 1.165) is 11.1 Å². The minimum absolute atomic E-state index is 0.285. The molecule has 132 valence electrons. The van der Waals surface area contributed by atoms with Crippen LogP contribution in [0, 0.1) is 0 Å².